The van der Waals surface area contributed by atoms with E-state index in [-0.39, 0.29) is 15.9 Å². The highest BCUT2D eigenvalue weighted by Gasteiger charge is 2.34. The van der Waals surface area contributed by atoms with E-state index in [9.17, 15) is 19.7 Å². The van der Waals surface area contributed by atoms with E-state index in [1.54, 1.807) is 48.5 Å². The Kier molecular flexibility index (Phi) is 7.65. The van der Waals surface area contributed by atoms with Crippen molar-refractivity contribution in [1.82, 2.24) is 15.4 Å². The maximum absolute atomic E-state index is 12.9. The highest BCUT2D eigenvalue weighted by atomic mass is 32.2. The number of thiocarbonyl (C=S) groups is 1. The zero-order valence-corrected chi connectivity index (χ0v) is 21.0. The molecule has 3 aromatic rings. The van der Waals surface area contributed by atoms with E-state index < -0.39 is 16.7 Å². The minimum Gasteiger partial charge on any atom is -0.497 e. The second-order valence-corrected chi connectivity index (χ2v) is 8.99. The highest BCUT2D eigenvalue weighted by Crippen LogP contribution is 2.35. The number of hydrogen-bond acceptors (Lipinski definition) is 10. The van der Waals surface area contributed by atoms with Crippen LogP contribution in [0.2, 0.25) is 0 Å². The predicted molar refractivity (Wildman–Crippen MR) is 139 cm³/mol. The maximum atomic E-state index is 12.9. The molecule has 2 heterocycles. The van der Waals surface area contributed by atoms with Crippen LogP contribution in [-0.2, 0) is 4.79 Å². The SMILES string of the molecule is COc1ccc(C(=O)NN2C(=O)/C(=C\c3ccc(Oc4ccc([N+](=O)[O-])cn4)c(OC)c3)SC2=S)cc1. The maximum Gasteiger partial charge on any atom is 0.287 e. The number of amides is 2. The number of nitrogens with zero attached hydrogens (tertiary/aromatic N) is 3. The van der Waals surface area contributed by atoms with Gasteiger partial charge in [0.1, 0.15) is 11.9 Å². The van der Waals surface area contributed by atoms with Gasteiger partial charge in [-0.05, 0) is 60.3 Å². The van der Waals surface area contributed by atoms with E-state index in [2.05, 4.69) is 10.4 Å². The van der Waals surface area contributed by atoms with E-state index in [4.69, 9.17) is 26.4 Å². The summed E-state index contributed by atoms with van der Waals surface area (Å²) in [6, 6.07) is 14.0. The van der Waals surface area contributed by atoms with Gasteiger partial charge in [0.15, 0.2) is 15.8 Å². The molecular formula is C24H18N4O7S2. The van der Waals surface area contributed by atoms with Gasteiger partial charge in [0, 0.05) is 17.7 Å². The van der Waals surface area contributed by atoms with Gasteiger partial charge in [0.2, 0.25) is 5.88 Å². The van der Waals surface area contributed by atoms with Crippen LogP contribution < -0.4 is 19.6 Å². The molecule has 0 radical (unpaired) electrons. The summed E-state index contributed by atoms with van der Waals surface area (Å²) in [4.78, 5) is 40.0. The molecule has 1 fully saturated rings. The first kappa shape index (κ1) is 25.6. The summed E-state index contributed by atoms with van der Waals surface area (Å²) in [5.41, 5.74) is 3.31. The Bertz CT molecular complexity index is 1410. The van der Waals surface area contributed by atoms with Gasteiger partial charge in [-0.3, -0.25) is 25.1 Å². The van der Waals surface area contributed by atoms with Gasteiger partial charge in [-0.25, -0.2) is 4.98 Å². The van der Waals surface area contributed by atoms with Crippen LogP contribution in [0.5, 0.6) is 23.1 Å². The topological polar surface area (TPSA) is 133 Å². The van der Waals surface area contributed by atoms with Gasteiger partial charge >= 0.3 is 0 Å². The number of nitro groups is 1. The lowest BCUT2D eigenvalue weighted by atomic mass is 10.2. The molecule has 0 atom stereocenters. The summed E-state index contributed by atoms with van der Waals surface area (Å²) < 4.78 is 16.3. The normalized spacial score (nSPS) is 14.0. The molecule has 0 saturated carbocycles. The standard InChI is InChI=1S/C24H18N4O7S2/c1-33-17-7-4-15(5-8-17)22(29)26-27-23(30)20(37-24(27)36)12-14-3-9-18(19(11-14)34-2)35-21-10-6-16(13-25-21)28(31)32/h3-13H,1-2H3,(H,26,29)/b20-12+. The van der Waals surface area contributed by atoms with E-state index in [0.29, 0.717) is 33.3 Å². The van der Waals surface area contributed by atoms with Gasteiger partial charge in [-0.2, -0.15) is 5.01 Å². The van der Waals surface area contributed by atoms with Gasteiger partial charge in [0.05, 0.1) is 24.0 Å². The number of rotatable bonds is 8. The smallest absolute Gasteiger partial charge is 0.287 e. The van der Waals surface area contributed by atoms with Crippen LogP contribution in [0.4, 0.5) is 5.69 Å². The largest absolute Gasteiger partial charge is 0.497 e. The average Bonchev–Trinajstić information content (AvgIpc) is 3.16. The number of benzene rings is 2. The number of nitrogens with one attached hydrogen (secondary N) is 1. The number of aromatic nitrogens is 1. The van der Waals surface area contributed by atoms with Gasteiger partial charge in [-0.15, -0.1) is 0 Å². The van der Waals surface area contributed by atoms with Crippen LogP contribution in [0.15, 0.2) is 65.7 Å². The summed E-state index contributed by atoms with van der Waals surface area (Å²) in [7, 11) is 2.97. The van der Waals surface area contributed by atoms with Crippen molar-refractivity contribution in [3.8, 4) is 23.1 Å². The van der Waals surface area contributed by atoms with Crippen LogP contribution in [0.1, 0.15) is 15.9 Å². The van der Waals surface area contributed by atoms with Gasteiger partial charge < -0.3 is 14.2 Å². The Balaban J connectivity index is 1.48. The van der Waals surface area contributed by atoms with Crippen LogP contribution in [0, 0.1) is 10.1 Å². The average molecular weight is 539 g/mol. The number of thioether (sulfide) groups is 1. The van der Waals surface area contributed by atoms with E-state index in [1.165, 1.54) is 26.4 Å². The molecule has 0 spiro atoms. The Morgan fingerprint density at radius 2 is 1.86 bits per heavy atom. The van der Waals surface area contributed by atoms with Gasteiger partial charge in [0.25, 0.3) is 17.5 Å². The fraction of sp³-hybridized carbons (Fsp3) is 0.0833. The Morgan fingerprint density at radius 3 is 2.49 bits per heavy atom. The lowest BCUT2D eigenvalue weighted by Gasteiger charge is -2.15. The summed E-state index contributed by atoms with van der Waals surface area (Å²) in [6.07, 6.45) is 2.70. The number of carbonyl (C=O) groups excluding carboxylic acids is 2. The summed E-state index contributed by atoms with van der Waals surface area (Å²) in [5, 5.41) is 11.8. The van der Waals surface area contributed by atoms with Crippen molar-refractivity contribution >= 4 is 51.9 Å². The molecule has 0 unspecified atom stereocenters. The molecule has 2 aromatic carbocycles. The van der Waals surface area contributed by atoms with Crippen molar-refractivity contribution in [1.29, 1.82) is 0 Å². The van der Waals surface area contributed by atoms with Gasteiger partial charge in [-0.1, -0.05) is 17.8 Å². The molecular weight excluding hydrogens is 520 g/mol. The molecule has 13 heteroatoms. The molecule has 1 aliphatic rings. The number of hydrazine groups is 1. The first-order valence-electron chi connectivity index (χ1n) is 10.5. The summed E-state index contributed by atoms with van der Waals surface area (Å²) >= 11 is 6.33. The van der Waals surface area contributed by atoms with Crippen LogP contribution >= 0.6 is 24.0 Å². The van der Waals surface area contributed by atoms with Crippen molar-refractivity contribution in [2.45, 2.75) is 0 Å². The molecule has 1 N–H and O–H groups in total. The first-order chi connectivity index (χ1) is 17.8. The van der Waals surface area contributed by atoms with E-state index >= 15 is 0 Å². The number of methoxy groups -OCH3 is 2. The number of carbonyl (C=O) groups is 2. The molecule has 0 aliphatic carbocycles. The second kappa shape index (κ2) is 11.1. The number of hydrogen-bond donors (Lipinski definition) is 1. The van der Waals surface area contributed by atoms with Crippen molar-refractivity contribution in [2.24, 2.45) is 0 Å². The molecule has 4 rings (SSSR count). The third-order valence-corrected chi connectivity index (χ3v) is 6.29. The van der Waals surface area contributed by atoms with Crippen LogP contribution in [0.3, 0.4) is 0 Å². The van der Waals surface area contributed by atoms with Crippen molar-refractivity contribution in [2.75, 3.05) is 14.2 Å². The second-order valence-electron chi connectivity index (χ2n) is 7.31. The Labute approximate surface area is 220 Å². The third-order valence-electron chi connectivity index (χ3n) is 4.99. The number of pyridine rings is 1. The summed E-state index contributed by atoms with van der Waals surface area (Å²) in [6.45, 7) is 0. The van der Waals surface area contributed by atoms with Crippen molar-refractivity contribution < 1.29 is 28.7 Å². The molecule has 11 nitrogen and oxygen atoms in total. The lowest BCUT2D eigenvalue weighted by molar-refractivity contribution is -0.385. The Morgan fingerprint density at radius 1 is 1.11 bits per heavy atom. The highest BCUT2D eigenvalue weighted by molar-refractivity contribution is 8.26. The quantitative estimate of drug-likeness (QED) is 0.191. The van der Waals surface area contributed by atoms with E-state index in [1.807, 2.05) is 0 Å². The molecule has 1 saturated heterocycles. The zero-order chi connectivity index (χ0) is 26.5. The first-order valence-corrected chi connectivity index (χ1v) is 11.7. The molecule has 37 heavy (non-hydrogen) atoms. The van der Waals surface area contributed by atoms with Crippen LogP contribution in [0.25, 0.3) is 6.08 Å². The number of ether oxygens (including phenoxy) is 3. The fourth-order valence-electron chi connectivity index (χ4n) is 3.14. The predicted octanol–water partition coefficient (Wildman–Crippen LogP) is 4.35. The van der Waals surface area contributed by atoms with E-state index in [0.717, 1.165) is 23.0 Å². The van der Waals surface area contributed by atoms with Crippen molar-refractivity contribution in [3.05, 3.63) is 86.9 Å². The molecule has 0 bridgehead atoms. The molecule has 2 amide bonds. The fourth-order valence-corrected chi connectivity index (χ4v) is 4.32. The molecule has 1 aliphatic heterocycles. The Hall–Kier alpha value is -4.49. The van der Waals surface area contributed by atoms with Crippen molar-refractivity contribution in [3.63, 3.8) is 0 Å². The molecule has 1 aromatic heterocycles. The lowest BCUT2D eigenvalue weighted by Crippen LogP contribution is -2.44. The third kappa shape index (κ3) is 5.85. The van der Waals surface area contributed by atoms with Crippen LogP contribution in [-0.4, -0.2) is 45.3 Å². The molecule has 188 valence electrons. The summed E-state index contributed by atoms with van der Waals surface area (Å²) in [5.74, 6) is 0.429. The monoisotopic (exact) mass is 538 g/mol. The minimum absolute atomic E-state index is 0.144. The minimum atomic E-state index is -0.556. The zero-order valence-electron chi connectivity index (χ0n) is 19.4.